The zero-order valence-corrected chi connectivity index (χ0v) is 12.9. The van der Waals surface area contributed by atoms with Gasteiger partial charge in [-0.3, -0.25) is 4.90 Å². The molecule has 2 aliphatic rings. The Morgan fingerprint density at radius 3 is 2.86 bits per heavy atom. The van der Waals surface area contributed by atoms with Crippen LogP contribution < -0.4 is 10.1 Å². The van der Waals surface area contributed by atoms with Gasteiger partial charge in [0, 0.05) is 26.2 Å². The Labute approximate surface area is 127 Å². The maximum absolute atomic E-state index is 5.91. The Morgan fingerprint density at radius 1 is 1.29 bits per heavy atom. The molecule has 21 heavy (non-hydrogen) atoms. The standard InChI is InChI=1S/C17H26N2O2/c1-2-18-11-14-4-3-5-15(10-14)20-9-8-19-12-16-6-7-17(13-19)21-16/h3-5,10,16-18H,2,6-9,11-13H2,1H3. The molecule has 0 amide bonds. The van der Waals surface area contributed by atoms with Crippen LogP contribution in [0.1, 0.15) is 25.3 Å². The van der Waals surface area contributed by atoms with Crippen molar-refractivity contribution in [2.45, 2.75) is 38.5 Å². The molecule has 0 spiro atoms. The van der Waals surface area contributed by atoms with Crippen LogP contribution >= 0.6 is 0 Å². The number of benzene rings is 1. The number of ether oxygens (including phenoxy) is 2. The molecule has 4 nitrogen and oxygen atoms in total. The van der Waals surface area contributed by atoms with Gasteiger partial charge in [0.05, 0.1) is 12.2 Å². The summed E-state index contributed by atoms with van der Waals surface area (Å²) in [6.07, 6.45) is 3.39. The van der Waals surface area contributed by atoms with Crippen LogP contribution in [0.5, 0.6) is 5.75 Å². The summed E-state index contributed by atoms with van der Waals surface area (Å²) < 4.78 is 11.8. The van der Waals surface area contributed by atoms with Gasteiger partial charge in [0.25, 0.3) is 0 Å². The lowest BCUT2D eigenvalue weighted by Gasteiger charge is -2.31. The summed E-state index contributed by atoms with van der Waals surface area (Å²) in [5, 5.41) is 3.34. The van der Waals surface area contributed by atoms with E-state index in [1.165, 1.54) is 18.4 Å². The molecule has 2 bridgehead atoms. The molecule has 4 heteroatoms. The summed E-state index contributed by atoms with van der Waals surface area (Å²) in [6, 6.07) is 8.37. The Balaban J connectivity index is 1.42. The van der Waals surface area contributed by atoms with Crippen LogP contribution in [0.3, 0.4) is 0 Å². The number of morpholine rings is 1. The zero-order valence-electron chi connectivity index (χ0n) is 12.9. The van der Waals surface area contributed by atoms with Gasteiger partial charge >= 0.3 is 0 Å². The molecule has 3 rings (SSSR count). The highest BCUT2D eigenvalue weighted by Crippen LogP contribution is 2.25. The third kappa shape index (κ3) is 4.19. The van der Waals surface area contributed by atoms with Gasteiger partial charge in [0.2, 0.25) is 0 Å². The highest BCUT2D eigenvalue weighted by molar-refractivity contribution is 5.28. The average Bonchev–Trinajstić information content (AvgIpc) is 2.84. The van der Waals surface area contributed by atoms with Crippen LogP contribution in [0.25, 0.3) is 0 Å². The van der Waals surface area contributed by atoms with Crippen molar-refractivity contribution in [1.29, 1.82) is 0 Å². The highest BCUT2D eigenvalue weighted by atomic mass is 16.5. The van der Waals surface area contributed by atoms with Gasteiger partial charge in [-0.1, -0.05) is 19.1 Å². The van der Waals surface area contributed by atoms with Gasteiger partial charge in [-0.2, -0.15) is 0 Å². The molecular formula is C17H26N2O2. The van der Waals surface area contributed by atoms with E-state index < -0.39 is 0 Å². The van der Waals surface area contributed by atoms with Crippen molar-refractivity contribution in [1.82, 2.24) is 10.2 Å². The van der Waals surface area contributed by atoms with Gasteiger partial charge in [-0.15, -0.1) is 0 Å². The Kier molecular flexibility index (Phi) is 5.12. The molecule has 0 aromatic heterocycles. The van der Waals surface area contributed by atoms with Crippen LogP contribution in [-0.4, -0.2) is 49.9 Å². The molecule has 1 aromatic carbocycles. The lowest BCUT2D eigenvalue weighted by atomic mass is 10.2. The van der Waals surface area contributed by atoms with Crippen molar-refractivity contribution in [3.8, 4) is 5.75 Å². The van der Waals surface area contributed by atoms with Gasteiger partial charge in [0.15, 0.2) is 0 Å². The Hall–Kier alpha value is -1.10. The van der Waals surface area contributed by atoms with E-state index in [0.717, 1.165) is 45.1 Å². The van der Waals surface area contributed by atoms with Gasteiger partial charge in [-0.25, -0.2) is 0 Å². The summed E-state index contributed by atoms with van der Waals surface area (Å²) in [4.78, 5) is 2.48. The molecule has 2 atom stereocenters. The van der Waals surface area contributed by atoms with Crippen LogP contribution in [0.15, 0.2) is 24.3 Å². The first-order valence-electron chi connectivity index (χ1n) is 8.14. The lowest BCUT2D eigenvalue weighted by Crippen LogP contribution is -2.44. The lowest BCUT2D eigenvalue weighted by molar-refractivity contribution is -0.0408. The third-order valence-electron chi connectivity index (χ3n) is 4.27. The monoisotopic (exact) mass is 290 g/mol. The number of rotatable bonds is 7. The minimum absolute atomic E-state index is 0.465. The fourth-order valence-corrected chi connectivity index (χ4v) is 3.19. The van der Waals surface area contributed by atoms with E-state index >= 15 is 0 Å². The second-order valence-corrected chi connectivity index (χ2v) is 5.99. The highest BCUT2D eigenvalue weighted by Gasteiger charge is 2.33. The molecule has 2 unspecified atom stereocenters. The molecule has 0 saturated carbocycles. The molecule has 0 aliphatic carbocycles. The predicted molar refractivity (Wildman–Crippen MR) is 83.7 cm³/mol. The van der Waals surface area contributed by atoms with Crippen molar-refractivity contribution in [2.75, 3.05) is 32.8 Å². The molecule has 2 aliphatic heterocycles. The average molecular weight is 290 g/mol. The topological polar surface area (TPSA) is 33.7 Å². The third-order valence-corrected chi connectivity index (χ3v) is 4.27. The first-order valence-corrected chi connectivity index (χ1v) is 8.14. The molecule has 2 fully saturated rings. The molecule has 1 N–H and O–H groups in total. The molecule has 0 radical (unpaired) electrons. The fourth-order valence-electron chi connectivity index (χ4n) is 3.19. The largest absolute Gasteiger partial charge is 0.492 e. The molecule has 1 aromatic rings. The Morgan fingerprint density at radius 2 is 2.10 bits per heavy atom. The summed E-state index contributed by atoms with van der Waals surface area (Å²) >= 11 is 0. The summed E-state index contributed by atoms with van der Waals surface area (Å²) in [5.41, 5.74) is 1.28. The summed E-state index contributed by atoms with van der Waals surface area (Å²) in [5.74, 6) is 0.974. The first kappa shape index (κ1) is 14.8. The van der Waals surface area contributed by atoms with Crippen molar-refractivity contribution in [3.05, 3.63) is 29.8 Å². The van der Waals surface area contributed by atoms with Crippen LogP contribution in [0.4, 0.5) is 0 Å². The molecular weight excluding hydrogens is 264 g/mol. The van der Waals surface area contributed by atoms with Gasteiger partial charge < -0.3 is 14.8 Å². The quantitative estimate of drug-likeness (QED) is 0.833. The minimum atomic E-state index is 0.465. The Bertz CT molecular complexity index is 440. The fraction of sp³-hybridized carbons (Fsp3) is 0.647. The van der Waals surface area contributed by atoms with E-state index in [0.29, 0.717) is 12.2 Å². The molecule has 116 valence electrons. The van der Waals surface area contributed by atoms with E-state index in [9.17, 15) is 0 Å². The summed E-state index contributed by atoms with van der Waals surface area (Å²) in [7, 11) is 0. The van der Waals surface area contributed by atoms with Crippen molar-refractivity contribution >= 4 is 0 Å². The predicted octanol–water partition coefficient (Wildman–Crippen LogP) is 2.04. The molecule has 2 heterocycles. The number of hydrogen-bond acceptors (Lipinski definition) is 4. The first-order chi connectivity index (χ1) is 10.3. The smallest absolute Gasteiger partial charge is 0.119 e. The van der Waals surface area contributed by atoms with Crippen LogP contribution in [0.2, 0.25) is 0 Å². The van der Waals surface area contributed by atoms with Crippen molar-refractivity contribution in [3.63, 3.8) is 0 Å². The normalized spacial score (nSPS) is 25.2. The van der Waals surface area contributed by atoms with E-state index in [-0.39, 0.29) is 0 Å². The summed E-state index contributed by atoms with van der Waals surface area (Å²) in [6.45, 7) is 7.90. The van der Waals surface area contributed by atoms with Gasteiger partial charge in [-0.05, 0) is 37.1 Å². The van der Waals surface area contributed by atoms with E-state index in [1.807, 2.05) is 6.07 Å². The van der Waals surface area contributed by atoms with Crippen molar-refractivity contribution < 1.29 is 9.47 Å². The zero-order chi connectivity index (χ0) is 14.5. The second-order valence-electron chi connectivity index (χ2n) is 5.99. The number of hydrogen-bond donors (Lipinski definition) is 1. The van der Waals surface area contributed by atoms with E-state index in [4.69, 9.17) is 9.47 Å². The number of nitrogens with zero attached hydrogens (tertiary/aromatic N) is 1. The molecule has 2 saturated heterocycles. The second kappa shape index (κ2) is 7.25. The number of likely N-dealkylation sites (tertiary alicyclic amines) is 1. The minimum Gasteiger partial charge on any atom is -0.492 e. The van der Waals surface area contributed by atoms with Crippen molar-refractivity contribution in [2.24, 2.45) is 0 Å². The van der Waals surface area contributed by atoms with E-state index in [1.54, 1.807) is 0 Å². The van der Waals surface area contributed by atoms with Crippen LogP contribution in [0, 0.1) is 0 Å². The maximum atomic E-state index is 5.91. The number of nitrogens with one attached hydrogen (secondary N) is 1. The SMILES string of the molecule is CCNCc1cccc(OCCN2CC3CCC(C2)O3)c1. The number of fused-ring (bicyclic) bond motifs is 2. The van der Waals surface area contributed by atoms with Gasteiger partial charge in [0.1, 0.15) is 12.4 Å². The van der Waals surface area contributed by atoms with Crippen LogP contribution in [-0.2, 0) is 11.3 Å². The maximum Gasteiger partial charge on any atom is 0.119 e. The van der Waals surface area contributed by atoms with E-state index in [2.05, 4.69) is 35.3 Å².